The van der Waals surface area contributed by atoms with E-state index in [0.29, 0.717) is 12.1 Å². The van der Waals surface area contributed by atoms with Crippen molar-refractivity contribution in [3.05, 3.63) is 64.7 Å². The monoisotopic (exact) mass is 494 g/mol. The van der Waals surface area contributed by atoms with E-state index < -0.39 is 0 Å². The predicted molar refractivity (Wildman–Crippen MR) is 123 cm³/mol. The number of halogens is 1. The first-order valence-electron chi connectivity index (χ1n) is 9.19. The van der Waals surface area contributed by atoms with Crippen LogP contribution in [0.2, 0.25) is 0 Å². The van der Waals surface area contributed by atoms with Crippen molar-refractivity contribution in [1.29, 1.82) is 0 Å². The maximum absolute atomic E-state index is 11.6. The van der Waals surface area contributed by atoms with Crippen LogP contribution in [-0.4, -0.2) is 39.1 Å². The zero-order valence-corrected chi connectivity index (χ0v) is 18.6. The first kappa shape index (κ1) is 22.0. The second kappa shape index (κ2) is 10.9. The van der Waals surface area contributed by atoms with Crippen LogP contribution >= 0.6 is 24.0 Å². The molecule has 6 nitrogen and oxygen atoms in total. The molecule has 0 unspecified atom stereocenters. The van der Waals surface area contributed by atoms with Gasteiger partial charge in [-0.05, 0) is 41.3 Å². The Labute approximate surface area is 183 Å². The normalized spacial score (nSPS) is 12.4. The number of fused-ring (bicyclic) bond motifs is 1. The van der Waals surface area contributed by atoms with Crippen molar-refractivity contribution in [1.82, 2.24) is 16.0 Å². The molecule has 0 atom stereocenters. The smallest absolute Gasteiger partial charge is 0.251 e. The highest BCUT2D eigenvalue weighted by molar-refractivity contribution is 14.0. The van der Waals surface area contributed by atoms with Gasteiger partial charge in [-0.15, -0.1) is 24.0 Å². The van der Waals surface area contributed by atoms with E-state index in [1.807, 2.05) is 24.3 Å². The van der Waals surface area contributed by atoms with Crippen molar-refractivity contribution >= 4 is 35.8 Å². The van der Waals surface area contributed by atoms with Gasteiger partial charge in [-0.25, -0.2) is 0 Å². The molecule has 1 amide bonds. The van der Waals surface area contributed by atoms with Gasteiger partial charge in [0.05, 0.1) is 6.61 Å². The Morgan fingerprint density at radius 3 is 2.57 bits per heavy atom. The number of hydrogen-bond acceptors (Lipinski definition) is 3. The number of amides is 1. The highest BCUT2D eigenvalue weighted by Gasteiger charge is 2.11. The van der Waals surface area contributed by atoms with Gasteiger partial charge < -0.3 is 20.7 Å². The van der Waals surface area contributed by atoms with Gasteiger partial charge in [0, 0.05) is 39.2 Å². The van der Waals surface area contributed by atoms with E-state index in [9.17, 15) is 4.79 Å². The Bertz CT molecular complexity index is 822. The third-order valence-electron chi connectivity index (χ3n) is 4.59. The number of nitrogens with zero attached hydrogens (tertiary/aromatic N) is 1. The van der Waals surface area contributed by atoms with Crippen LogP contribution in [0.5, 0.6) is 5.75 Å². The molecule has 0 fully saturated rings. The van der Waals surface area contributed by atoms with Crippen LogP contribution in [0.4, 0.5) is 0 Å². The van der Waals surface area contributed by atoms with Crippen molar-refractivity contribution in [2.45, 2.75) is 19.4 Å². The van der Waals surface area contributed by atoms with Crippen molar-refractivity contribution in [2.75, 3.05) is 27.2 Å². The minimum Gasteiger partial charge on any atom is -0.493 e. The second-order valence-corrected chi connectivity index (χ2v) is 6.42. The van der Waals surface area contributed by atoms with Gasteiger partial charge in [0.25, 0.3) is 5.91 Å². The van der Waals surface area contributed by atoms with Crippen LogP contribution in [0.15, 0.2) is 47.5 Å². The number of aliphatic imine (C=N–C) groups is 1. The molecule has 1 heterocycles. The Hall–Kier alpha value is -2.29. The molecular weight excluding hydrogens is 467 g/mol. The fourth-order valence-corrected chi connectivity index (χ4v) is 3.05. The molecule has 0 bridgehead atoms. The summed E-state index contributed by atoms with van der Waals surface area (Å²) in [6.07, 6.45) is 1.92. The molecule has 150 valence electrons. The minimum absolute atomic E-state index is 0. The van der Waals surface area contributed by atoms with E-state index in [1.54, 1.807) is 14.1 Å². The highest BCUT2D eigenvalue weighted by Crippen LogP contribution is 2.25. The standard InChI is InChI=1S/C21H26N4O2.HI/c1-22-20(26)17-6-3-16(4-7-17)14-25-21(23-2)24-11-9-15-5-8-19-18(13-15)10-12-27-19;/h3-8,13H,9-12,14H2,1-2H3,(H,22,26)(H2,23,24,25);1H. The lowest BCUT2D eigenvalue weighted by molar-refractivity contribution is 0.0963. The third kappa shape index (κ3) is 5.85. The number of carbonyl (C=O) groups excluding carboxylic acids is 1. The number of carbonyl (C=O) groups is 1. The molecule has 1 aliphatic heterocycles. The maximum atomic E-state index is 11.6. The summed E-state index contributed by atoms with van der Waals surface area (Å²) >= 11 is 0. The molecule has 1 aliphatic rings. The summed E-state index contributed by atoms with van der Waals surface area (Å²) in [6, 6.07) is 13.9. The zero-order valence-electron chi connectivity index (χ0n) is 16.2. The Kier molecular flexibility index (Phi) is 8.56. The molecule has 28 heavy (non-hydrogen) atoms. The largest absolute Gasteiger partial charge is 0.493 e. The summed E-state index contributed by atoms with van der Waals surface area (Å²) in [5, 5.41) is 9.25. The number of ether oxygens (including phenoxy) is 1. The molecule has 0 aromatic heterocycles. The topological polar surface area (TPSA) is 74.8 Å². The summed E-state index contributed by atoms with van der Waals surface area (Å²) < 4.78 is 5.55. The number of nitrogens with one attached hydrogen (secondary N) is 3. The lowest BCUT2D eigenvalue weighted by atomic mass is 10.1. The average molecular weight is 494 g/mol. The van der Waals surface area contributed by atoms with Crippen LogP contribution in [0.25, 0.3) is 0 Å². The van der Waals surface area contributed by atoms with Crippen LogP contribution in [-0.2, 0) is 19.4 Å². The van der Waals surface area contributed by atoms with Gasteiger partial charge in [0.2, 0.25) is 0 Å². The van der Waals surface area contributed by atoms with E-state index in [-0.39, 0.29) is 29.9 Å². The van der Waals surface area contributed by atoms with Gasteiger partial charge in [-0.2, -0.15) is 0 Å². The van der Waals surface area contributed by atoms with Crippen LogP contribution in [0, 0.1) is 0 Å². The molecule has 0 saturated carbocycles. The lowest BCUT2D eigenvalue weighted by Gasteiger charge is -2.12. The van der Waals surface area contributed by atoms with Gasteiger partial charge in [-0.1, -0.05) is 24.3 Å². The summed E-state index contributed by atoms with van der Waals surface area (Å²) in [5.74, 6) is 1.70. The molecule has 3 rings (SSSR count). The molecule has 0 radical (unpaired) electrons. The van der Waals surface area contributed by atoms with E-state index in [1.165, 1.54) is 11.1 Å². The number of guanidine groups is 1. The molecule has 0 saturated heterocycles. The molecular formula is C21H27IN4O2. The van der Waals surface area contributed by atoms with Crippen molar-refractivity contribution in [3.8, 4) is 5.75 Å². The van der Waals surface area contributed by atoms with E-state index >= 15 is 0 Å². The van der Waals surface area contributed by atoms with Crippen molar-refractivity contribution in [2.24, 2.45) is 4.99 Å². The summed E-state index contributed by atoms with van der Waals surface area (Å²) in [4.78, 5) is 15.8. The summed E-state index contributed by atoms with van der Waals surface area (Å²) in [7, 11) is 3.39. The van der Waals surface area contributed by atoms with E-state index in [0.717, 1.165) is 43.3 Å². The fraction of sp³-hybridized carbons (Fsp3) is 0.333. The van der Waals surface area contributed by atoms with Gasteiger partial charge >= 0.3 is 0 Å². The molecule has 0 aliphatic carbocycles. The first-order valence-corrected chi connectivity index (χ1v) is 9.19. The number of benzene rings is 2. The molecule has 0 spiro atoms. The van der Waals surface area contributed by atoms with Gasteiger partial charge in [0.15, 0.2) is 5.96 Å². The Morgan fingerprint density at radius 1 is 1.11 bits per heavy atom. The molecule has 2 aromatic rings. The Morgan fingerprint density at radius 2 is 1.86 bits per heavy atom. The Balaban J connectivity index is 0.00000280. The summed E-state index contributed by atoms with van der Waals surface area (Å²) in [5.41, 5.74) is 4.34. The molecule has 2 aromatic carbocycles. The lowest BCUT2D eigenvalue weighted by Crippen LogP contribution is -2.37. The predicted octanol–water partition coefficient (Wildman–Crippen LogP) is 2.51. The first-order chi connectivity index (χ1) is 13.2. The van der Waals surface area contributed by atoms with Gasteiger partial charge in [0.1, 0.15) is 5.75 Å². The van der Waals surface area contributed by atoms with E-state index in [2.05, 4.69) is 39.1 Å². The zero-order chi connectivity index (χ0) is 19.1. The molecule has 3 N–H and O–H groups in total. The van der Waals surface area contributed by atoms with Crippen molar-refractivity contribution in [3.63, 3.8) is 0 Å². The number of hydrogen-bond donors (Lipinski definition) is 3. The van der Waals surface area contributed by atoms with Crippen LogP contribution in [0.3, 0.4) is 0 Å². The molecule has 7 heteroatoms. The SMILES string of the molecule is CN=C(NCCc1ccc2c(c1)CCO2)NCc1ccc(C(=O)NC)cc1.I. The quantitative estimate of drug-likeness (QED) is 0.328. The average Bonchev–Trinajstić information content (AvgIpc) is 3.18. The van der Waals surface area contributed by atoms with E-state index in [4.69, 9.17) is 4.74 Å². The maximum Gasteiger partial charge on any atom is 0.251 e. The number of rotatable bonds is 6. The van der Waals surface area contributed by atoms with Crippen LogP contribution in [0.1, 0.15) is 27.0 Å². The van der Waals surface area contributed by atoms with Gasteiger partial charge in [-0.3, -0.25) is 9.79 Å². The third-order valence-corrected chi connectivity index (χ3v) is 4.59. The van der Waals surface area contributed by atoms with Crippen molar-refractivity contribution < 1.29 is 9.53 Å². The summed E-state index contributed by atoms with van der Waals surface area (Å²) in [6.45, 7) is 2.23. The second-order valence-electron chi connectivity index (χ2n) is 6.42. The van der Waals surface area contributed by atoms with Crippen LogP contribution < -0.4 is 20.7 Å². The minimum atomic E-state index is -0.0786. The highest BCUT2D eigenvalue weighted by atomic mass is 127. The fourth-order valence-electron chi connectivity index (χ4n) is 3.05.